The van der Waals surface area contributed by atoms with Crippen LogP contribution in [0.4, 0.5) is 0 Å². The van der Waals surface area contributed by atoms with Crippen LogP contribution in [0.25, 0.3) is 0 Å². The molecule has 0 nitrogen and oxygen atoms in total. The van der Waals surface area contributed by atoms with Crippen molar-refractivity contribution in [2.45, 2.75) is 40.5 Å². The average Bonchev–Trinajstić information content (AvgIpc) is 3.30. The maximum absolute atomic E-state index is 3.19. The number of rotatable bonds is 2. The van der Waals surface area contributed by atoms with E-state index < -0.39 is 6.19 Å². The first kappa shape index (κ1) is 28.9. The fraction of sp³-hybridized carbons (Fsp3) is 0.231. The SMILES string of the molecule is CC1=[C-]CC=C1C.CC1=[C-]CC=C1C.[Cl-].[Cl-].[Ti+2]=[Si](c1ccccc1)c1ccccc1. The molecule has 0 heterocycles. The molecule has 0 N–H and O–H groups in total. The minimum atomic E-state index is -0.545. The molecule has 0 aromatic heterocycles. The molecule has 4 heteroatoms. The molecule has 4 rings (SSSR count). The van der Waals surface area contributed by atoms with Crippen molar-refractivity contribution in [3.8, 4) is 0 Å². The van der Waals surface area contributed by atoms with Crippen LogP contribution in [0.3, 0.4) is 0 Å². The second kappa shape index (κ2) is 15.7. The molecule has 2 aliphatic rings. The third kappa shape index (κ3) is 9.81. The summed E-state index contributed by atoms with van der Waals surface area (Å²) in [7, 11) is 0. The molecule has 2 aromatic rings. The molecule has 0 saturated carbocycles. The van der Waals surface area contributed by atoms with Crippen molar-refractivity contribution in [1.29, 1.82) is 0 Å². The molecule has 2 aliphatic carbocycles. The van der Waals surface area contributed by atoms with Crippen molar-refractivity contribution in [3.63, 3.8) is 0 Å². The molecule has 0 aliphatic heterocycles. The van der Waals surface area contributed by atoms with Gasteiger partial charge in [-0.2, -0.15) is 12.2 Å². The first-order chi connectivity index (χ1) is 13.5. The zero-order valence-corrected chi connectivity index (χ0v) is 22.2. The van der Waals surface area contributed by atoms with E-state index >= 15 is 0 Å². The Hall–Kier alpha value is -1.09. The van der Waals surface area contributed by atoms with E-state index in [1.807, 2.05) is 0 Å². The first-order valence-corrected chi connectivity index (χ1v) is 13.5. The number of allylic oxidation sites excluding steroid dienone is 8. The third-order valence-corrected chi connectivity index (χ3v) is 9.38. The third-order valence-electron chi connectivity index (χ3n) is 4.86. The quantitative estimate of drug-likeness (QED) is 0.397. The van der Waals surface area contributed by atoms with Gasteiger partial charge in [0.05, 0.1) is 0 Å². The van der Waals surface area contributed by atoms with Crippen LogP contribution in [-0.4, -0.2) is 6.19 Å². The molecule has 0 unspecified atom stereocenters. The molecular weight excluding hydrogens is 459 g/mol. The predicted octanol–water partition coefficient (Wildman–Crippen LogP) is -0.481. The maximum atomic E-state index is 3.19. The molecule has 0 fully saturated rings. The van der Waals surface area contributed by atoms with Gasteiger partial charge in [-0.05, 0) is 0 Å². The van der Waals surface area contributed by atoms with Crippen molar-refractivity contribution >= 4 is 16.6 Å². The van der Waals surface area contributed by atoms with Crippen LogP contribution in [0, 0.1) is 12.2 Å². The Morgan fingerprint density at radius 3 is 1.17 bits per heavy atom. The Kier molecular flexibility index (Phi) is 15.1. The summed E-state index contributed by atoms with van der Waals surface area (Å²) >= 11 is 2.34. The normalized spacial score (nSPS) is 13.5. The molecule has 0 amide bonds. The van der Waals surface area contributed by atoms with Gasteiger partial charge in [0.15, 0.2) is 0 Å². The number of hydrogen-bond donors (Lipinski definition) is 0. The van der Waals surface area contributed by atoms with Gasteiger partial charge in [0.25, 0.3) is 0 Å². The molecule has 0 saturated heterocycles. The Bertz CT molecular complexity index is 803. The molecule has 0 bridgehead atoms. The molecular formula is C26H28Cl2SiTi-2. The van der Waals surface area contributed by atoms with Gasteiger partial charge in [0, 0.05) is 0 Å². The first-order valence-electron chi connectivity index (χ1n) is 9.67. The van der Waals surface area contributed by atoms with E-state index in [0.29, 0.717) is 0 Å². The van der Waals surface area contributed by atoms with Crippen molar-refractivity contribution in [2.75, 3.05) is 0 Å². The summed E-state index contributed by atoms with van der Waals surface area (Å²) in [4.78, 5) is 0. The van der Waals surface area contributed by atoms with Gasteiger partial charge in [0.1, 0.15) is 0 Å². The summed E-state index contributed by atoms with van der Waals surface area (Å²) in [5.41, 5.74) is 5.42. The number of hydrogen-bond acceptors (Lipinski definition) is 0. The van der Waals surface area contributed by atoms with Gasteiger partial charge in [-0.3, -0.25) is 12.2 Å². The van der Waals surface area contributed by atoms with Gasteiger partial charge in [-0.1, -0.05) is 13.8 Å². The summed E-state index contributed by atoms with van der Waals surface area (Å²) in [6.45, 7) is 8.43. The van der Waals surface area contributed by atoms with E-state index in [1.54, 1.807) is 0 Å². The van der Waals surface area contributed by atoms with Crippen molar-refractivity contribution in [1.82, 2.24) is 0 Å². The second-order valence-electron chi connectivity index (χ2n) is 6.89. The molecule has 0 atom stereocenters. The Morgan fingerprint density at radius 1 is 0.633 bits per heavy atom. The van der Waals surface area contributed by atoms with Crippen LogP contribution in [0.1, 0.15) is 40.5 Å². The number of benzene rings is 2. The van der Waals surface area contributed by atoms with E-state index in [1.165, 1.54) is 32.7 Å². The van der Waals surface area contributed by atoms with Crippen LogP contribution < -0.4 is 35.2 Å². The van der Waals surface area contributed by atoms with E-state index in [4.69, 9.17) is 0 Å². The van der Waals surface area contributed by atoms with Gasteiger partial charge in [0.2, 0.25) is 0 Å². The van der Waals surface area contributed by atoms with Crippen molar-refractivity contribution < 1.29 is 44.0 Å². The Balaban J connectivity index is 0.000000448. The van der Waals surface area contributed by atoms with Crippen molar-refractivity contribution in [2.24, 2.45) is 0 Å². The van der Waals surface area contributed by atoms with Gasteiger partial charge < -0.3 is 24.8 Å². The molecule has 2 aromatic carbocycles. The van der Waals surface area contributed by atoms with Crippen LogP contribution >= 0.6 is 0 Å². The molecule has 0 spiro atoms. The predicted molar refractivity (Wildman–Crippen MR) is 120 cm³/mol. The zero-order valence-electron chi connectivity index (χ0n) is 18.1. The van der Waals surface area contributed by atoms with E-state index in [0.717, 1.165) is 12.8 Å². The van der Waals surface area contributed by atoms with E-state index in [-0.39, 0.29) is 24.8 Å². The van der Waals surface area contributed by atoms with E-state index in [9.17, 15) is 0 Å². The monoisotopic (exact) mass is 486 g/mol. The van der Waals surface area contributed by atoms with Crippen LogP contribution in [0.2, 0.25) is 0 Å². The summed E-state index contributed by atoms with van der Waals surface area (Å²) < 4.78 is 0. The second-order valence-corrected chi connectivity index (χ2v) is 11.1. The summed E-state index contributed by atoms with van der Waals surface area (Å²) in [5.74, 6) is 0. The topological polar surface area (TPSA) is 0 Å². The van der Waals surface area contributed by atoms with Gasteiger partial charge >= 0.3 is 96.4 Å². The fourth-order valence-corrected chi connectivity index (χ4v) is 5.62. The Labute approximate surface area is 207 Å². The summed E-state index contributed by atoms with van der Waals surface area (Å²) in [6.07, 6.45) is 12.3. The Morgan fingerprint density at radius 2 is 0.967 bits per heavy atom. The van der Waals surface area contributed by atoms with Gasteiger partial charge in [-0.25, -0.2) is 22.3 Å². The molecule has 30 heavy (non-hydrogen) atoms. The summed E-state index contributed by atoms with van der Waals surface area (Å²) in [5, 5.41) is 2.95. The standard InChI is InChI=1S/C12H10Si.2C7H9.2ClH.Ti/c1-3-7-11(8-4-1)13-12-9-5-2-6-10-12;2*1-6-4-3-5-7(6)2;;;/h1-10H;2*4H,3H2,1-2H3;2*1H;/q;2*-1;;;+2/p-2. The van der Waals surface area contributed by atoms with Gasteiger partial charge in [-0.15, -0.1) is 26.7 Å². The van der Waals surface area contributed by atoms with Crippen LogP contribution in [0.5, 0.6) is 0 Å². The zero-order chi connectivity index (χ0) is 20.4. The van der Waals surface area contributed by atoms with Crippen molar-refractivity contribution in [3.05, 3.63) is 107 Å². The molecule has 156 valence electrons. The average molecular weight is 487 g/mol. The number of halogens is 2. The van der Waals surface area contributed by atoms with Crippen LogP contribution in [-0.2, 0) is 19.2 Å². The van der Waals surface area contributed by atoms with Crippen LogP contribution in [0.15, 0.2) is 95.1 Å². The molecule has 0 radical (unpaired) electrons. The van der Waals surface area contributed by atoms with E-state index in [2.05, 4.69) is 132 Å². The summed E-state index contributed by atoms with van der Waals surface area (Å²) in [6, 6.07) is 21.5. The minimum absolute atomic E-state index is 0. The fourth-order valence-electron chi connectivity index (χ4n) is 2.68.